The van der Waals surface area contributed by atoms with Crippen LogP contribution in [0.5, 0.6) is 0 Å². The molecule has 0 spiro atoms. The Morgan fingerprint density at radius 1 is 1.29 bits per heavy atom. The van der Waals surface area contributed by atoms with Crippen LogP contribution in [-0.4, -0.2) is 35.4 Å². The first-order valence-electron chi connectivity index (χ1n) is 7.75. The molecule has 0 aliphatic carbocycles. The first kappa shape index (κ1) is 16.8. The van der Waals surface area contributed by atoms with Crippen LogP contribution in [0.4, 0.5) is 0 Å². The summed E-state index contributed by atoms with van der Waals surface area (Å²) in [5, 5.41) is 3.43. The second kappa shape index (κ2) is 8.20. The first-order valence-corrected chi connectivity index (χ1v) is 9.96. The molecule has 1 N–H and O–H groups in total. The van der Waals surface area contributed by atoms with Crippen molar-refractivity contribution in [1.29, 1.82) is 0 Å². The van der Waals surface area contributed by atoms with E-state index in [-0.39, 0.29) is 18.1 Å². The average Bonchev–Trinajstić information content (AvgIpc) is 3.00. The van der Waals surface area contributed by atoms with Gasteiger partial charge in [-0.25, -0.2) is 0 Å². The molecular formula is C16H26N2OS2. The van der Waals surface area contributed by atoms with Gasteiger partial charge in [-0.1, -0.05) is 12.8 Å². The Labute approximate surface area is 136 Å². The molecule has 1 aromatic rings. The first-order chi connectivity index (χ1) is 10.1. The summed E-state index contributed by atoms with van der Waals surface area (Å²) in [6.45, 7) is 4.95. The minimum Gasteiger partial charge on any atom is -0.321 e. The van der Waals surface area contributed by atoms with Crippen LogP contribution in [0.3, 0.4) is 0 Å². The number of hydrogen-bond acceptors (Lipinski definition) is 4. The van der Waals surface area contributed by atoms with Gasteiger partial charge in [0.1, 0.15) is 6.17 Å². The number of nitrogens with one attached hydrogen (secondary N) is 1. The molecule has 1 aromatic heterocycles. The molecule has 0 saturated carbocycles. The van der Waals surface area contributed by atoms with E-state index in [1.165, 1.54) is 34.8 Å². The van der Waals surface area contributed by atoms with Crippen LogP contribution in [0, 0.1) is 6.92 Å². The van der Waals surface area contributed by atoms with Crippen molar-refractivity contribution in [3.05, 3.63) is 21.9 Å². The van der Waals surface area contributed by atoms with Crippen molar-refractivity contribution in [2.75, 3.05) is 18.6 Å². The van der Waals surface area contributed by atoms with E-state index in [1.807, 2.05) is 23.6 Å². The molecule has 1 aliphatic heterocycles. The Bertz CT molecular complexity index is 461. The Kier molecular flexibility index (Phi) is 6.58. The van der Waals surface area contributed by atoms with Crippen LogP contribution in [0.25, 0.3) is 0 Å². The highest BCUT2D eigenvalue weighted by Crippen LogP contribution is 2.30. The van der Waals surface area contributed by atoms with Crippen LogP contribution in [0.2, 0.25) is 0 Å². The van der Waals surface area contributed by atoms with Gasteiger partial charge in [0.25, 0.3) is 0 Å². The molecule has 2 heterocycles. The highest BCUT2D eigenvalue weighted by Gasteiger charge is 2.37. The van der Waals surface area contributed by atoms with E-state index in [1.54, 1.807) is 11.3 Å². The minimum absolute atomic E-state index is 0.0612. The van der Waals surface area contributed by atoms with E-state index in [0.29, 0.717) is 0 Å². The highest BCUT2D eigenvalue weighted by atomic mass is 32.2. The SMILES string of the molecule is CSCCCCCCN1C(=O)C(C)NC1c1ccc(C)s1. The maximum atomic E-state index is 12.3. The number of thiophene rings is 1. The summed E-state index contributed by atoms with van der Waals surface area (Å²) in [5.41, 5.74) is 0. The number of aryl methyl sites for hydroxylation is 1. The quantitative estimate of drug-likeness (QED) is 0.738. The van der Waals surface area contributed by atoms with Gasteiger partial charge in [0.05, 0.1) is 6.04 Å². The van der Waals surface area contributed by atoms with Gasteiger partial charge in [-0.15, -0.1) is 11.3 Å². The van der Waals surface area contributed by atoms with Gasteiger partial charge in [0.15, 0.2) is 0 Å². The third-order valence-electron chi connectivity index (χ3n) is 3.90. The molecule has 2 atom stereocenters. The molecule has 1 fully saturated rings. The highest BCUT2D eigenvalue weighted by molar-refractivity contribution is 7.98. The lowest BCUT2D eigenvalue weighted by molar-refractivity contribution is -0.129. The Balaban J connectivity index is 1.87. The van der Waals surface area contributed by atoms with Crippen LogP contribution in [0.15, 0.2) is 12.1 Å². The zero-order valence-electron chi connectivity index (χ0n) is 13.2. The number of thioether (sulfide) groups is 1. The molecule has 21 heavy (non-hydrogen) atoms. The van der Waals surface area contributed by atoms with Gasteiger partial charge < -0.3 is 4.90 Å². The zero-order chi connectivity index (χ0) is 15.2. The Morgan fingerprint density at radius 3 is 2.71 bits per heavy atom. The number of carbonyl (C=O) groups excluding carboxylic acids is 1. The molecule has 1 amide bonds. The van der Waals surface area contributed by atoms with Crippen molar-refractivity contribution >= 4 is 29.0 Å². The minimum atomic E-state index is -0.0612. The van der Waals surface area contributed by atoms with E-state index < -0.39 is 0 Å². The summed E-state index contributed by atoms with van der Waals surface area (Å²) in [7, 11) is 0. The molecule has 0 radical (unpaired) electrons. The Morgan fingerprint density at radius 2 is 2.05 bits per heavy atom. The molecular weight excluding hydrogens is 300 g/mol. The maximum absolute atomic E-state index is 12.3. The fourth-order valence-corrected chi connectivity index (χ4v) is 4.18. The second-order valence-electron chi connectivity index (χ2n) is 5.68. The number of rotatable bonds is 8. The standard InChI is InChI=1S/C16H26N2OS2/c1-12-8-9-14(21-12)15-17-13(2)16(19)18(15)10-6-4-5-7-11-20-3/h8-9,13,15,17H,4-7,10-11H2,1-3H3. The normalized spacial score (nSPS) is 22.2. The molecule has 1 aliphatic rings. The van der Waals surface area contributed by atoms with Crippen LogP contribution < -0.4 is 5.32 Å². The maximum Gasteiger partial charge on any atom is 0.241 e. The predicted octanol–water partition coefficient (Wildman–Crippen LogP) is 3.80. The molecule has 2 rings (SSSR count). The monoisotopic (exact) mass is 326 g/mol. The van der Waals surface area contributed by atoms with E-state index in [0.717, 1.165) is 13.0 Å². The van der Waals surface area contributed by atoms with Gasteiger partial charge in [0.2, 0.25) is 5.91 Å². The largest absolute Gasteiger partial charge is 0.321 e. The van der Waals surface area contributed by atoms with Crippen molar-refractivity contribution in [1.82, 2.24) is 10.2 Å². The summed E-state index contributed by atoms with van der Waals surface area (Å²) in [6, 6.07) is 4.22. The van der Waals surface area contributed by atoms with E-state index in [2.05, 4.69) is 30.6 Å². The molecule has 3 nitrogen and oxygen atoms in total. The lowest BCUT2D eigenvalue weighted by Crippen LogP contribution is -2.31. The van der Waals surface area contributed by atoms with Gasteiger partial charge >= 0.3 is 0 Å². The number of hydrogen-bond donors (Lipinski definition) is 1. The third-order valence-corrected chi connectivity index (χ3v) is 5.65. The molecule has 0 aromatic carbocycles. The lowest BCUT2D eigenvalue weighted by atomic mass is 10.2. The number of carbonyl (C=O) groups is 1. The molecule has 0 bridgehead atoms. The van der Waals surface area contributed by atoms with Crippen molar-refractivity contribution in [2.45, 2.75) is 51.7 Å². The summed E-state index contributed by atoms with van der Waals surface area (Å²) in [4.78, 5) is 16.9. The lowest BCUT2D eigenvalue weighted by Gasteiger charge is -2.23. The predicted molar refractivity (Wildman–Crippen MR) is 93.0 cm³/mol. The smallest absolute Gasteiger partial charge is 0.241 e. The van der Waals surface area contributed by atoms with Gasteiger partial charge in [-0.05, 0) is 50.8 Å². The Hall–Kier alpha value is -0.520. The summed E-state index contributed by atoms with van der Waals surface area (Å²) < 4.78 is 0. The van der Waals surface area contributed by atoms with E-state index >= 15 is 0 Å². The summed E-state index contributed by atoms with van der Waals surface area (Å²) in [6.07, 6.45) is 7.12. The second-order valence-corrected chi connectivity index (χ2v) is 7.98. The van der Waals surface area contributed by atoms with Crippen molar-refractivity contribution in [3.8, 4) is 0 Å². The van der Waals surface area contributed by atoms with Crippen LogP contribution in [0.1, 0.15) is 48.5 Å². The number of unbranched alkanes of at least 4 members (excludes halogenated alkanes) is 3. The van der Waals surface area contributed by atoms with Crippen LogP contribution >= 0.6 is 23.1 Å². The van der Waals surface area contributed by atoms with Crippen molar-refractivity contribution in [3.63, 3.8) is 0 Å². The average molecular weight is 327 g/mol. The van der Waals surface area contributed by atoms with E-state index in [9.17, 15) is 4.79 Å². The summed E-state index contributed by atoms with van der Waals surface area (Å²) in [5.74, 6) is 1.49. The van der Waals surface area contributed by atoms with E-state index in [4.69, 9.17) is 0 Å². The molecule has 118 valence electrons. The molecule has 5 heteroatoms. The summed E-state index contributed by atoms with van der Waals surface area (Å²) >= 11 is 3.70. The van der Waals surface area contributed by atoms with Crippen molar-refractivity contribution in [2.24, 2.45) is 0 Å². The van der Waals surface area contributed by atoms with Gasteiger partial charge in [-0.2, -0.15) is 11.8 Å². The molecule has 2 unspecified atom stereocenters. The topological polar surface area (TPSA) is 32.3 Å². The van der Waals surface area contributed by atoms with Gasteiger partial charge in [0, 0.05) is 16.3 Å². The fourth-order valence-electron chi connectivity index (χ4n) is 2.73. The van der Waals surface area contributed by atoms with Crippen molar-refractivity contribution < 1.29 is 4.79 Å². The number of amides is 1. The third kappa shape index (κ3) is 4.47. The fraction of sp³-hybridized carbons (Fsp3) is 0.688. The zero-order valence-corrected chi connectivity index (χ0v) is 14.9. The van der Waals surface area contributed by atoms with Gasteiger partial charge in [-0.3, -0.25) is 10.1 Å². The number of nitrogens with zero attached hydrogens (tertiary/aromatic N) is 1. The van der Waals surface area contributed by atoms with Crippen LogP contribution in [-0.2, 0) is 4.79 Å². The molecule has 1 saturated heterocycles.